The Labute approximate surface area is 378 Å². The van der Waals surface area contributed by atoms with Crippen LogP contribution in [-0.2, 0) is 32.5 Å². The van der Waals surface area contributed by atoms with Crippen LogP contribution in [0, 0.1) is 13.8 Å². The van der Waals surface area contributed by atoms with Crippen LogP contribution in [-0.4, -0.2) is 6.71 Å². The van der Waals surface area contributed by atoms with E-state index in [2.05, 4.69) is 199 Å². The minimum Gasteiger partial charge on any atom is -0.311 e. The summed E-state index contributed by atoms with van der Waals surface area (Å²) in [5.41, 5.74) is 22.7. The normalized spacial score (nSPS) is 19.1. The number of thiophene rings is 1. The van der Waals surface area contributed by atoms with Crippen LogP contribution >= 0.6 is 11.3 Å². The summed E-state index contributed by atoms with van der Waals surface area (Å²) in [6.45, 7) is 38.8. The summed E-state index contributed by atoms with van der Waals surface area (Å²) in [6, 6.07) is 32.5. The summed E-state index contributed by atoms with van der Waals surface area (Å²) >= 11 is 2.02. The van der Waals surface area contributed by atoms with Crippen LogP contribution in [0.15, 0.2) is 78.9 Å². The van der Waals surface area contributed by atoms with E-state index in [-0.39, 0.29) is 39.2 Å². The topological polar surface area (TPSA) is 6.48 Å². The molecule has 2 nitrogen and oxygen atoms in total. The van der Waals surface area contributed by atoms with Gasteiger partial charge in [0.25, 0.3) is 6.71 Å². The molecule has 0 saturated heterocycles. The second-order valence-electron chi connectivity index (χ2n) is 24.6. The average molecular weight is 837 g/mol. The van der Waals surface area contributed by atoms with Gasteiger partial charge in [-0.05, 0) is 170 Å². The van der Waals surface area contributed by atoms with Gasteiger partial charge in [-0.15, -0.1) is 11.3 Å². The minimum atomic E-state index is -0.0822. The number of benzene rings is 5. The lowest BCUT2D eigenvalue weighted by Gasteiger charge is -2.48. The number of fused-ring (bicyclic) bond motifs is 8. The van der Waals surface area contributed by atoms with Crippen molar-refractivity contribution in [3.05, 3.63) is 123 Å². The summed E-state index contributed by atoms with van der Waals surface area (Å²) in [5, 5.41) is 1.36. The molecule has 0 N–H and O–H groups in total. The molecule has 6 aromatic rings. The molecule has 2 aliphatic heterocycles. The fraction of sp³-hybridized carbons (Fsp3) is 0.448. The molecule has 10 rings (SSSR count). The summed E-state index contributed by atoms with van der Waals surface area (Å²) in [7, 11) is 0. The smallest absolute Gasteiger partial charge is 0.264 e. The second-order valence-corrected chi connectivity index (χ2v) is 25.7. The van der Waals surface area contributed by atoms with Crippen LogP contribution in [0.5, 0.6) is 0 Å². The van der Waals surface area contributed by atoms with E-state index in [0.29, 0.717) is 0 Å². The molecular formula is C58H69BN2S. The highest BCUT2D eigenvalue weighted by Gasteiger charge is 2.49. The molecule has 0 saturated carbocycles. The van der Waals surface area contributed by atoms with Crippen molar-refractivity contribution in [3.8, 4) is 0 Å². The maximum Gasteiger partial charge on any atom is 0.264 e. The number of hydrogen-bond donors (Lipinski definition) is 0. The molecule has 4 aliphatic rings. The zero-order chi connectivity index (χ0) is 44.4. The minimum absolute atomic E-state index is 0.0659. The first-order chi connectivity index (χ1) is 28.8. The summed E-state index contributed by atoms with van der Waals surface area (Å²) in [6.07, 6.45) is 4.78. The van der Waals surface area contributed by atoms with E-state index < -0.39 is 0 Å². The zero-order valence-corrected chi connectivity index (χ0v) is 41.5. The fourth-order valence-corrected chi connectivity index (χ4v) is 13.0. The van der Waals surface area contributed by atoms with Crippen LogP contribution < -0.4 is 25.5 Å². The van der Waals surface area contributed by atoms with Gasteiger partial charge in [0.2, 0.25) is 0 Å². The SMILES string of the molecule is Cc1ccc2sc3c(c2c1)N(c1ccc(C(C)(C)C)cc1)c1cc(C(C)(C)C)cc2c1B3c1cc3c(cc1N2c1cc2c(cc1C)C(C)(C)CCC2(C)C)C(C)(C)CCC3(C)C. The number of nitrogens with zero attached hydrogens (tertiary/aromatic N) is 2. The molecular weight excluding hydrogens is 768 g/mol. The van der Waals surface area contributed by atoms with E-state index in [1.807, 2.05) is 11.3 Å². The van der Waals surface area contributed by atoms with Gasteiger partial charge in [0.05, 0.1) is 5.69 Å². The van der Waals surface area contributed by atoms with Crippen LogP contribution in [0.1, 0.15) is 167 Å². The molecule has 0 fully saturated rings. The molecule has 0 atom stereocenters. The van der Waals surface area contributed by atoms with Gasteiger partial charge in [-0.25, -0.2) is 0 Å². The molecule has 0 bridgehead atoms. The number of anilines is 6. The largest absolute Gasteiger partial charge is 0.311 e. The zero-order valence-electron chi connectivity index (χ0n) is 40.7. The first-order valence-corrected chi connectivity index (χ1v) is 24.4. The Hall–Kier alpha value is -4.28. The van der Waals surface area contributed by atoms with Crippen LogP contribution in [0.3, 0.4) is 0 Å². The quantitative estimate of drug-likeness (QED) is 0.160. The summed E-state index contributed by atoms with van der Waals surface area (Å²) < 4.78 is 2.82. The number of aryl methyl sites for hydroxylation is 2. The molecule has 2 aliphatic carbocycles. The van der Waals surface area contributed by atoms with Crippen molar-refractivity contribution in [2.45, 2.75) is 169 Å². The number of hydrogen-bond acceptors (Lipinski definition) is 3. The van der Waals surface area contributed by atoms with Crippen molar-refractivity contribution in [2.75, 3.05) is 9.80 Å². The Morgan fingerprint density at radius 2 is 1.02 bits per heavy atom. The maximum absolute atomic E-state index is 2.76. The van der Waals surface area contributed by atoms with E-state index in [1.54, 1.807) is 0 Å². The molecule has 4 heteroatoms. The van der Waals surface area contributed by atoms with Gasteiger partial charge in [0.1, 0.15) is 0 Å². The van der Waals surface area contributed by atoms with Crippen molar-refractivity contribution >= 4 is 78.0 Å². The molecule has 0 amide bonds. The van der Waals surface area contributed by atoms with E-state index in [1.165, 1.54) is 130 Å². The molecule has 0 spiro atoms. The maximum atomic E-state index is 2.76. The monoisotopic (exact) mass is 837 g/mol. The van der Waals surface area contributed by atoms with Crippen molar-refractivity contribution in [2.24, 2.45) is 0 Å². The van der Waals surface area contributed by atoms with Gasteiger partial charge in [-0.3, -0.25) is 0 Å². The second kappa shape index (κ2) is 13.2. The highest BCUT2D eigenvalue weighted by Crippen LogP contribution is 2.55. The lowest BCUT2D eigenvalue weighted by molar-refractivity contribution is 0.331. The molecule has 1 aromatic heterocycles. The van der Waals surface area contributed by atoms with Gasteiger partial charge in [-0.2, -0.15) is 0 Å². The fourth-order valence-electron chi connectivity index (χ4n) is 11.7. The van der Waals surface area contributed by atoms with Crippen molar-refractivity contribution in [1.82, 2.24) is 0 Å². The molecule has 0 unspecified atom stereocenters. The number of rotatable bonds is 2. The lowest BCUT2D eigenvalue weighted by atomic mass is 9.35. The van der Waals surface area contributed by atoms with E-state index in [9.17, 15) is 0 Å². The van der Waals surface area contributed by atoms with Crippen LogP contribution in [0.25, 0.3) is 10.1 Å². The molecule has 62 heavy (non-hydrogen) atoms. The first-order valence-electron chi connectivity index (χ1n) is 23.6. The average Bonchev–Trinajstić information content (AvgIpc) is 3.55. The van der Waals surface area contributed by atoms with Crippen molar-refractivity contribution < 1.29 is 0 Å². The summed E-state index contributed by atoms with van der Waals surface area (Å²) in [4.78, 5) is 5.43. The van der Waals surface area contributed by atoms with Crippen molar-refractivity contribution in [1.29, 1.82) is 0 Å². The van der Waals surface area contributed by atoms with Crippen LogP contribution in [0.2, 0.25) is 0 Å². The predicted octanol–water partition coefficient (Wildman–Crippen LogP) is 14.9. The standard InChI is InChI=1S/C58H69BN2S/c1-34-17-22-49-39(27-34)51-52(62-49)59-44-31-41-43(58(15,16)26-24-56(41,11)12)33-46(44)61(45-32-42-40(28-35(45)2)55(9,10)23-25-57(42,13)14)48-30-37(54(6,7)8)29-47(50(48)59)60(51)38-20-18-36(19-21-38)53(3,4)5/h17-22,27-33H,23-26H2,1-16H3. The Morgan fingerprint density at radius 1 is 0.516 bits per heavy atom. The molecule has 3 heterocycles. The first kappa shape index (κ1) is 41.7. The summed E-state index contributed by atoms with van der Waals surface area (Å²) in [5.74, 6) is 0. The third-order valence-corrected chi connectivity index (χ3v) is 17.3. The van der Waals surface area contributed by atoms with Gasteiger partial charge in [0.15, 0.2) is 0 Å². The highest BCUT2D eigenvalue weighted by atomic mass is 32.1. The lowest BCUT2D eigenvalue weighted by Crippen LogP contribution is -2.61. The molecule has 0 radical (unpaired) electrons. The van der Waals surface area contributed by atoms with Gasteiger partial charge in [0, 0.05) is 43.3 Å². The van der Waals surface area contributed by atoms with Crippen molar-refractivity contribution in [3.63, 3.8) is 0 Å². The van der Waals surface area contributed by atoms with E-state index in [4.69, 9.17) is 0 Å². The van der Waals surface area contributed by atoms with Crippen LogP contribution in [0.4, 0.5) is 34.1 Å². The Balaban J connectivity index is 1.37. The molecule has 320 valence electrons. The third kappa shape index (κ3) is 6.15. The predicted molar refractivity (Wildman–Crippen MR) is 273 cm³/mol. The Kier molecular flexibility index (Phi) is 8.85. The highest BCUT2D eigenvalue weighted by molar-refractivity contribution is 7.33. The molecule has 5 aromatic carbocycles. The van der Waals surface area contributed by atoms with Gasteiger partial charge < -0.3 is 9.80 Å². The Bertz CT molecular complexity index is 2850. The van der Waals surface area contributed by atoms with Gasteiger partial charge >= 0.3 is 0 Å². The Morgan fingerprint density at radius 3 is 1.56 bits per heavy atom. The van der Waals surface area contributed by atoms with Gasteiger partial charge in [-0.1, -0.05) is 133 Å². The van der Waals surface area contributed by atoms with E-state index >= 15 is 0 Å². The third-order valence-electron chi connectivity index (χ3n) is 16.1. The van der Waals surface area contributed by atoms with E-state index in [0.717, 1.165) is 0 Å².